The summed E-state index contributed by atoms with van der Waals surface area (Å²) in [5, 5.41) is 12.3. The molecule has 1 aromatic carbocycles. The van der Waals surface area contributed by atoms with Crippen LogP contribution in [-0.2, 0) is 17.5 Å². The zero-order chi connectivity index (χ0) is 29.9. The third-order valence-electron chi connectivity index (χ3n) is 7.55. The van der Waals surface area contributed by atoms with Crippen molar-refractivity contribution in [3.63, 3.8) is 0 Å². The summed E-state index contributed by atoms with van der Waals surface area (Å²) < 4.78 is 45.4. The molecular weight excluding hydrogens is 573 g/mol. The molecule has 0 unspecified atom stereocenters. The van der Waals surface area contributed by atoms with E-state index in [-0.39, 0.29) is 17.4 Å². The van der Waals surface area contributed by atoms with Crippen LogP contribution in [0.1, 0.15) is 53.0 Å². The summed E-state index contributed by atoms with van der Waals surface area (Å²) in [6, 6.07) is 3.68. The molecule has 2 saturated heterocycles. The van der Waals surface area contributed by atoms with Crippen LogP contribution in [0.15, 0.2) is 30.6 Å². The molecule has 2 aromatic heterocycles. The standard InChI is InChI=1S/C28H31F3N6O4S/c1-41-21-13-18(5-6-19(21)28(29,30)31)24-22(16-36-9-3-2-4-10-36)42-27(34-24)35-25(38)20-14-33-23(15-32-20)37-11-7-17(8-12-37)26(39)40/h5-6,13-15,17H,2-4,7-12,16H2,1H3,(H,39,40)(H,34,35,38). The maximum Gasteiger partial charge on any atom is 0.419 e. The second-order valence-corrected chi connectivity index (χ2v) is 11.4. The molecule has 5 rings (SSSR count). The number of carbonyl (C=O) groups excluding carboxylic acids is 1. The minimum absolute atomic E-state index is 0.0738. The summed E-state index contributed by atoms with van der Waals surface area (Å²) in [5.74, 6) is -1.42. The first-order chi connectivity index (χ1) is 20.1. The van der Waals surface area contributed by atoms with Gasteiger partial charge in [-0.3, -0.25) is 19.8 Å². The number of nitrogens with one attached hydrogen (secondary N) is 1. The van der Waals surface area contributed by atoms with Gasteiger partial charge in [-0.25, -0.2) is 15.0 Å². The van der Waals surface area contributed by atoms with Gasteiger partial charge in [0.25, 0.3) is 5.91 Å². The Morgan fingerprint density at radius 1 is 1.10 bits per heavy atom. The van der Waals surface area contributed by atoms with Gasteiger partial charge in [0.2, 0.25) is 0 Å². The minimum atomic E-state index is -4.56. The number of aromatic nitrogens is 3. The Labute approximate surface area is 244 Å². The Kier molecular flexibility index (Phi) is 8.92. The first-order valence-electron chi connectivity index (χ1n) is 13.7. The molecule has 0 spiro atoms. The number of thiazole rings is 1. The minimum Gasteiger partial charge on any atom is -0.496 e. The molecule has 2 aliphatic rings. The van der Waals surface area contributed by atoms with E-state index in [9.17, 15) is 27.9 Å². The lowest BCUT2D eigenvalue weighted by Gasteiger charge is -2.30. The van der Waals surface area contributed by atoms with Gasteiger partial charge in [-0.1, -0.05) is 23.8 Å². The van der Waals surface area contributed by atoms with Gasteiger partial charge in [-0.05, 0) is 50.9 Å². The van der Waals surface area contributed by atoms with Crippen molar-refractivity contribution in [3.8, 4) is 17.0 Å². The monoisotopic (exact) mass is 604 g/mol. The summed E-state index contributed by atoms with van der Waals surface area (Å²) in [5.41, 5.74) is 0.145. The molecule has 0 saturated carbocycles. The number of methoxy groups -OCH3 is 1. The fourth-order valence-corrected chi connectivity index (χ4v) is 6.27. The molecule has 0 radical (unpaired) electrons. The van der Waals surface area contributed by atoms with Crippen molar-refractivity contribution in [2.24, 2.45) is 5.92 Å². The highest BCUT2D eigenvalue weighted by Gasteiger charge is 2.34. The van der Waals surface area contributed by atoms with Crippen molar-refractivity contribution < 1.29 is 32.6 Å². The second kappa shape index (κ2) is 12.6. The highest BCUT2D eigenvalue weighted by atomic mass is 32.1. The number of halogens is 3. The summed E-state index contributed by atoms with van der Waals surface area (Å²) in [6.07, 6.45) is 2.59. The van der Waals surface area contributed by atoms with Crippen molar-refractivity contribution in [1.29, 1.82) is 0 Å². The summed E-state index contributed by atoms with van der Waals surface area (Å²) in [6.45, 7) is 3.44. The average Bonchev–Trinajstić information content (AvgIpc) is 3.38. The number of carboxylic acids is 1. The first-order valence-corrected chi connectivity index (χ1v) is 14.5. The van der Waals surface area contributed by atoms with E-state index in [1.54, 1.807) is 0 Å². The highest BCUT2D eigenvalue weighted by Crippen LogP contribution is 2.40. The molecule has 2 fully saturated rings. The molecule has 3 aromatic rings. The SMILES string of the molecule is COc1cc(-c2nc(NC(=O)c3cnc(N4CCC(C(=O)O)CC4)cn3)sc2CN2CCCCC2)ccc1C(F)(F)F. The van der Waals surface area contributed by atoms with Gasteiger partial charge in [-0.15, -0.1) is 0 Å². The van der Waals surface area contributed by atoms with E-state index < -0.39 is 23.6 Å². The lowest BCUT2D eigenvalue weighted by atomic mass is 9.97. The van der Waals surface area contributed by atoms with E-state index in [2.05, 4.69) is 25.2 Å². The van der Waals surface area contributed by atoms with Gasteiger partial charge >= 0.3 is 12.1 Å². The highest BCUT2D eigenvalue weighted by molar-refractivity contribution is 7.16. The number of anilines is 2. The summed E-state index contributed by atoms with van der Waals surface area (Å²) >= 11 is 1.27. The average molecular weight is 605 g/mol. The normalized spacial score (nSPS) is 16.8. The van der Waals surface area contributed by atoms with E-state index >= 15 is 0 Å². The lowest BCUT2D eigenvalue weighted by Crippen LogP contribution is -2.36. The number of carbonyl (C=O) groups is 2. The number of likely N-dealkylation sites (tertiary alicyclic amines) is 1. The molecule has 1 amide bonds. The maximum absolute atomic E-state index is 13.5. The van der Waals surface area contributed by atoms with Crippen molar-refractivity contribution in [3.05, 3.63) is 46.7 Å². The fraction of sp³-hybridized carbons (Fsp3) is 0.464. The summed E-state index contributed by atoms with van der Waals surface area (Å²) in [4.78, 5) is 42.5. The zero-order valence-corrected chi connectivity index (χ0v) is 23.8. The van der Waals surface area contributed by atoms with Crippen LogP contribution in [0, 0.1) is 5.92 Å². The van der Waals surface area contributed by atoms with Gasteiger partial charge in [0.15, 0.2) is 5.13 Å². The number of benzene rings is 1. The van der Waals surface area contributed by atoms with E-state index in [1.807, 2.05) is 4.90 Å². The molecule has 0 bridgehead atoms. The number of ether oxygens (including phenoxy) is 1. The van der Waals surface area contributed by atoms with Gasteiger partial charge in [0, 0.05) is 30.1 Å². The van der Waals surface area contributed by atoms with Gasteiger partial charge in [-0.2, -0.15) is 13.2 Å². The summed E-state index contributed by atoms with van der Waals surface area (Å²) in [7, 11) is 1.19. The maximum atomic E-state index is 13.5. The number of hydrogen-bond donors (Lipinski definition) is 2. The van der Waals surface area contributed by atoms with Crippen LogP contribution in [0.25, 0.3) is 11.3 Å². The van der Waals surface area contributed by atoms with Crippen LogP contribution in [0.5, 0.6) is 5.75 Å². The van der Waals surface area contributed by atoms with E-state index in [0.717, 1.165) is 43.3 Å². The molecule has 10 nitrogen and oxygen atoms in total. The number of rotatable bonds is 8. The first kappa shape index (κ1) is 29.7. The third-order valence-corrected chi connectivity index (χ3v) is 8.51. The number of carboxylic acid groups (broad SMARTS) is 1. The van der Waals surface area contributed by atoms with Crippen LogP contribution in [0.4, 0.5) is 24.1 Å². The van der Waals surface area contributed by atoms with Crippen LogP contribution in [0.2, 0.25) is 0 Å². The van der Waals surface area contributed by atoms with Crippen LogP contribution in [-0.4, -0.2) is 70.1 Å². The van der Waals surface area contributed by atoms with E-state index in [0.29, 0.717) is 54.7 Å². The number of amides is 1. The smallest absolute Gasteiger partial charge is 0.419 e. The quantitative estimate of drug-likeness (QED) is 0.359. The molecule has 2 N–H and O–H groups in total. The fourth-order valence-electron chi connectivity index (χ4n) is 5.25. The molecule has 0 aliphatic carbocycles. The second-order valence-electron chi connectivity index (χ2n) is 10.4. The zero-order valence-electron chi connectivity index (χ0n) is 23.0. The van der Waals surface area contributed by atoms with Crippen LogP contribution >= 0.6 is 11.3 Å². The molecule has 4 heterocycles. The molecule has 2 aliphatic heterocycles. The topological polar surface area (TPSA) is 121 Å². The Balaban J connectivity index is 1.35. The molecule has 14 heteroatoms. The van der Waals surface area contributed by atoms with E-state index in [4.69, 9.17) is 4.74 Å². The molecule has 0 atom stereocenters. The third kappa shape index (κ3) is 6.81. The van der Waals surface area contributed by atoms with Crippen molar-refractivity contribution in [1.82, 2.24) is 19.9 Å². The predicted octanol–water partition coefficient (Wildman–Crippen LogP) is 5.17. The number of alkyl halides is 3. The van der Waals surface area contributed by atoms with Crippen LogP contribution in [0.3, 0.4) is 0 Å². The number of aliphatic carboxylic acids is 1. The van der Waals surface area contributed by atoms with Gasteiger partial charge in [0.05, 0.1) is 36.7 Å². The Morgan fingerprint density at radius 2 is 1.83 bits per heavy atom. The molecule has 224 valence electrons. The van der Waals surface area contributed by atoms with Gasteiger partial charge in [0.1, 0.15) is 17.3 Å². The molecular formula is C28H31F3N6O4S. The lowest BCUT2D eigenvalue weighted by molar-refractivity contribution is -0.142. The van der Waals surface area contributed by atoms with Crippen LogP contribution < -0.4 is 15.0 Å². The van der Waals surface area contributed by atoms with Gasteiger partial charge < -0.3 is 14.7 Å². The molecule has 42 heavy (non-hydrogen) atoms. The Hall–Kier alpha value is -3.78. The Morgan fingerprint density at radius 3 is 2.45 bits per heavy atom. The largest absolute Gasteiger partial charge is 0.496 e. The van der Waals surface area contributed by atoms with E-state index in [1.165, 1.54) is 43.0 Å². The predicted molar refractivity (Wildman–Crippen MR) is 151 cm³/mol. The number of nitrogens with zero attached hydrogens (tertiary/aromatic N) is 5. The van der Waals surface area contributed by atoms with Crippen molar-refractivity contribution >= 4 is 34.2 Å². The number of hydrogen-bond acceptors (Lipinski definition) is 9. The van der Waals surface area contributed by atoms with Crippen molar-refractivity contribution in [2.45, 2.75) is 44.8 Å². The Bertz CT molecular complexity index is 1420. The number of piperidine rings is 2. The van der Waals surface area contributed by atoms with Crippen molar-refractivity contribution in [2.75, 3.05) is 43.5 Å².